The second kappa shape index (κ2) is 9.70. The largest absolute Gasteiger partial charge is 0.491 e. The molecule has 2 nitrogen and oxygen atoms in total. The number of benzene rings is 3. The van der Waals surface area contributed by atoms with E-state index in [1.54, 1.807) is 0 Å². The molecule has 3 aromatic rings. The fraction of sp³-hybridized carbons (Fsp3) is 0.280. The zero-order valence-corrected chi connectivity index (χ0v) is 17.9. The summed E-state index contributed by atoms with van der Waals surface area (Å²) in [6, 6.07) is 27.8. The van der Waals surface area contributed by atoms with Crippen molar-refractivity contribution in [1.29, 1.82) is 0 Å². The highest BCUT2D eigenvalue weighted by Gasteiger charge is 2.26. The molecule has 0 saturated heterocycles. The molecule has 3 heteroatoms. The Kier molecular flexibility index (Phi) is 7.05. The molecular formula is C25H29O2S+. The van der Waals surface area contributed by atoms with Gasteiger partial charge in [-0.25, -0.2) is 0 Å². The summed E-state index contributed by atoms with van der Waals surface area (Å²) in [7, 11) is -0.0552. The van der Waals surface area contributed by atoms with Crippen LogP contribution in [0.1, 0.15) is 33.3 Å². The molecule has 0 N–H and O–H groups in total. The van der Waals surface area contributed by atoms with Gasteiger partial charge in [-0.15, -0.1) is 0 Å². The molecule has 0 aliphatic rings. The lowest BCUT2D eigenvalue weighted by atomic mass is 10.2. The Morgan fingerprint density at radius 2 is 1.04 bits per heavy atom. The van der Waals surface area contributed by atoms with E-state index >= 15 is 0 Å². The summed E-state index contributed by atoms with van der Waals surface area (Å²) in [6.45, 7) is 8.20. The molecule has 0 radical (unpaired) electrons. The topological polar surface area (TPSA) is 18.5 Å². The third kappa shape index (κ3) is 5.80. The lowest BCUT2D eigenvalue weighted by Gasteiger charge is -2.13. The fourth-order valence-electron chi connectivity index (χ4n) is 2.95. The normalized spacial score (nSPS) is 11.2. The van der Waals surface area contributed by atoms with Gasteiger partial charge >= 0.3 is 0 Å². The predicted molar refractivity (Wildman–Crippen MR) is 118 cm³/mol. The molecule has 0 unspecified atom stereocenters. The van der Waals surface area contributed by atoms with E-state index in [1.807, 2.05) is 0 Å². The summed E-state index contributed by atoms with van der Waals surface area (Å²) in [5.41, 5.74) is 1.34. The molecule has 0 amide bonds. The van der Waals surface area contributed by atoms with Gasteiger partial charge in [-0.3, -0.25) is 0 Å². The van der Waals surface area contributed by atoms with E-state index in [0.717, 1.165) is 17.3 Å². The van der Waals surface area contributed by atoms with E-state index in [-0.39, 0.29) is 23.1 Å². The van der Waals surface area contributed by atoms with Crippen molar-refractivity contribution in [2.45, 2.75) is 55.4 Å². The summed E-state index contributed by atoms with van der Waals surface area (Å²) in [4.78, 5) is 2.63. The maximum Gasteiger partial charge on any atom is 0.161 e. The predicted octanol–water partition coefficient (Wildman–Crippen LogP) is 6.50. The molecule has 0 aromatic heterocycles. The number of ether oxygens (including phenoxy) is 2. The van der Waals surface area contributed by atoms with Gasteiger partial charge in [0.25, 0.3) is 0 Å². The van der Waals surface area contributed by atoms with Crippen LogP contribution in [-0.4, -0.2) is 12.2 Å². The van der Waals surface area contributed by atoms with Crippen molar-refractivity contribution in [3.63, 3.8) is 0 Å². The lowest BCUT2D eigenvalue weighted by Crippen LogP contribution is -2.09. The smallest absolute Gasteiger partial charge is 0.161 e. The van der Waals surface area contributed by atoms with Crippen molar-refractivity contribution in [2.24, 2.45) is 0 Å². The van der Waals surface area contributed by atoms with Gasteiger partial charge in [0.1, 0.15) is 17.3 Å². The van der Waals surface area contributed by atoms with Gasteiger partial charge in [0.15, 0.2) is 9.79 Å². The Morgan fingerprint density at radius 3 is 1.43 bits per heavy atom. The second-order valence-electron chi connectivity index (χ2n) is 7.30. The van der Waals surface area contributed by atoms with Gasteiger partial charge in [0.05, 0.1) is 23.1 Å². The summed E-state index contributed by atoms with van der Waals surface area (Å²) in [6.07, 6.45) is 0.365. The monoisotopic (exact) mass is 393 g/mol. The lowest BCUT2D eigenvalue weighted by molar-refractivity contribution is 0.242. The average molecular weight is 394 g/mol. The van der Waals surface area contributed by atoms with Crippen LogP contribution in [-0.2, 0) is 16.6 Å². The fourth-order valence-corrected chi connectivity index (χ4v) is 5.01. The summed E-state index contributed by atoms with van der Waals surface area (Å²) in [5, 5.41) is 0. The third-order valence-corrected chi connectivity index (χ3v) is 6.42. The van der Waals surface area contributed by atoms with Gasteiger partial charge < -0.3 is 9.47 Å². The van der Waals surface area contributed by atoms with Crippen LogP contribution >= 0.6 is 0 Å². The zero-order valence-electron chi connectivity index (χ0n) is 17.1. The number of rotatable bonds is 8. The van der Waals surface area contributed by atoms with E-state index in [1.165, 1.54) is 15.4 Å². The maximum atomic E-state index is 5.81. The molecule has 0 aliphatic carbocycles. The van der Waals surface area contributed by atoms with Crippen LogP contribution in [0.2, 0.25) is 0 Å². The first kappa shape index (κ1) is 20.3. The van der Waals surface area contributed by atoms with Gasteiger partial charge in [0, 0.05) is 5.56 Å². The van der Waals surface area contributed by atoms with E-state index in [9.17, 15) is 0 Å². The SMILES string of the molecule is CC(C)Oc1ccc([S+](Cc2ccccc2)c2ccc(OC(C)C)cc2)cc1. The van der Waals surface area contributed by atoms with E-state index in [4.69, 9.17) is 9.47 Å². The minimum atomic E-state index is -0.0552. The highest BCUT2D eigenvalue weighted by Crippen LogP contribution is 2.30. The summed E-state index contributed by atoms with van der Waals surface area (Å²) >= 11 is 0. The molecule has 0 aliphatic heterocycles. The van der Waals surface area contributed by atoms with Crippen LogP contribution in [0, 0.1) is 0 Å². The van der Waals surface area contributed by atoms with Crippen LogP contribution < -0.4 is 9.47 Å². The Hall–Kier alpha value is -2.39. The highest BCUT2D eigenvalue weighted by molar-refractivity contribution is 7.96. The summed E-state index contributed by atoms with van der Waals surface area (Å²) in [5.74, 6) is 2.82. The molecule has 0 atom stereocenters. The molecule has 0 bridgehead atoms. The first-order valence-corrected chi connectivity index (χ1v) is 11.2. The van der Waals surface area contributed by atoms with Crippen molar-refractivity contribution in [2.75, 3.05) is 0 Å². The molecule has 3 rings (SSSR count). The molecule has 0 saturated carbocycles. The van der Waals surface area contributed by atoms with Gasteiger partial charge in [-0.05, 0) is 76.2 Å². The Morgan fingerprint density at radius 1 is 0.607 bits per heavy atom. The first-order chi connectivity index (χ1) is 13.5. The molecule has 0 fully saturated rings. The van der Waals surface area contributed by atoms with Crippen LogP contribution in [0.3, 0.4) is 0 Å². The minimum absolute atomic E-state index is 0.0552. The van der Waals surface area contributed by atoms with Gasteiger partial charge in [0.2, 0.25) is 0 Å². The second-order valence-corrected chi connectivity index (χ2v) is 9.31. The highest BCUT2D eigenvalue weighted by atomic mass is 32.2. The average Bonchev–Trinajstić information content (AvgIpc) is 2.68. The molecule has 3 aromatic carbocycles. The van der Waals surface area contributed by atoms with Crippen LogP contribution in [0.5, 0.6) is 11.5 Å². The van der Waals surface area contributed by atoms with E-state index in [2.05, 4.69) is 107 Å². The van der Waals surface area contributed by atoms with Gasteiger partial charge in [-0.1, -0.05) is 30.3 Å². The molecule has 146 valence electrons. The van der Waals surface area contributed by atoms with Crippen molar-refractivity contribution in [1.82, 2.24) is 0 Å². The Labute approximate surface area is 171 Å². The molecule has 0 heterocycles. The quantitative estimate of drug-likeness (QED) is 0.407. The van der Waals surface area contributed by atoms with E-state index < -0.39 is 0 Å². The van der Waals surface area contributed by atoms with E-state index in [0.29, 0.717) is 0 Å². The maximum absolute atomic E-state index is 5.81. The molecule has 28 heavy (non-hydrogen) atoms. The number of hydrogen-bond donors (Lipinski definition) is 0. The third-order valence-electron chi connectivity index (χ3n) is 4.11. The molecular weight excluding hydrogens is 364 g/mol. The minimum Gasteiger partial charge on any atom is -0.491 e. The van der Waals surface area contributed by atoms with Crippen molar-refractivity contribution in [3.8, 4) is 11.5 Å². The van der Waals surface area contributed by atoms with Crippen molar-refractivity contribution in [3.05, 3.63) is 84.4 Å². The number of hydrogen-bond acceptors (Lipinski definition) is 2. The molecule has 0 spiro atoms. The van der Waals surface area contributed by atoms with Gasteiger partial charge in [-0.2, -0.15) is 0 Å². The zero-order chi connectivity index (χ0) is 19.9. The Balaban J connectivity index is 1.88. The standard InChI is InChI=1S/C25H29O2S/c1-19(2)26-22-10-14-24(15-11-22)28(18-21-8-6-5-7-9-21)25-16-12-23(13-17-25)27-20(3)4/h5-17,19-20H,18H2,1-4H3/q+1. The Bertz CT molecular complexity index is 786. The van der Waals surface area contributed by atoms with Crippen molar-refractivity contribution < 1.29 is 9.47 Å². The van der Waals surface area contributed by atoms with Crippen LogP contribution in [0.15, 0.2) is 88.7 Å². The van der Waals surface area contributed by atoms with Crippen molar-refractivity contribution >= 4 is 10.9 Å². The summed E-state index contributed by atoms with van der Waals surface area (Å²) < 4.78 is 11.6. The van der Waals surface area contributed by atoms with Crippen LogP contribution in [0.25, 0.3) is 0 Å². The van der Waals surface area contributed by atoms with Crippen LogP contribution in [0.4, 0.5) is 0 Å². The first-order valence-electron chi connectivity index (χ1n) is 9.79.